The van der Waals surface area contributed by atoms with E-state index in [1.165, 1.54) is 4.31 Å². The van der Waals surface area contributed by atoms with Gasteiger partial charge in [-0.25, -0.2) is 17.2 Å². The molecule has 0 aromatic heterocycles. The van der Waals surface area contributed by atoms with Gasteiger partial charge in [-0.2, -0.15) is 4.31 Å². The fourth-order valence-electron chi connectivity index (χ4n) is 2.25. The third kappa shape index (κ3) is 2.88. The highest BCUT2D eigenvalue weighted by atomic mass is 79.9. The largest absolute Gasteiger partial charge is 0.327 e. The smallest absolute Gasteiger partial charge is 0.247 e. The van der Waals surface area contributed by atoms with E-state index in [2.05, 4.69) is 15.9 Å². The van der Waals surface area contributed by atoms with Gasteiger partial charge in [0.2, 0.25) is 10.0 Å². The van der Waals surface area contributed by atoms with Crippen LogP contribution in [0.1, 0.15) is 13.3 Å². The van der Waals surface area contributed by atoms with Crippen LogP contribution in [0.25, 0.3) is 0 Å². The average molecular weight is 369 g/mol. The highest BCUT2D eigenvalue weighted by Crippen LogP contribution is 2.31. The Balaban J connectivity index is 2.41. The molecule has 1 aromatic rings. The van der Waals surface area contributed by atoms with Crippen molar-refractivity contribution in [3.05, 3.63) is 28.2 Å². The highest BCUT2D eigenvalue weighted by Gasteiger charge is 2.35. The lowest BCUT2D eigenvalue weighted by Gasteiger charge is -2.34. The van der Waals surface area contributed by atoms with Gasteiger partial charge < -0.3 is 5.73 Å². The van der Waals surface area contributed by atoms with Gasteiger partial charge in [-0.3, -0.25) is 0 Å². The summed E-state index contributed by atoms with van der Waals surface area (Å²) >= 11 is 2.92. The Morgan fingerprint density at radius 1 is 1.40 bits per heavy atom. The summed E-state index contributed by atoms with van der Waals surface area (Å²) in [7, 11) is -4.01. The molecule has 2 rings (SSSR count). The molecule has 2 unspecified atom stereocenters. The number of hydrogen-bond donors (Lipinski definition) is 1. The average Bonchev–Trinajstić information content (AvgIpc) is 2.30. The molecule has 1 aliphatic rings. The molecule has 0 aliphatic carbocycles. The summed E-state index contributed by atoms with van der Waals surface area (Å²) in [5.41, 5.74) is 5.85. The molecule has 1 saturated heterocycles. The van der Waals surface area contributed by atoms with E-state index in [4.69, 9.17) is 5.73 Å². The van der Waals surface area contributed by atoms with Crippen molar-refractivity contribution in [3.8, 4) is 0 Å². The van der Waals surface area contributed by atoms with Crippen LogP contribution in [0.2, 0.25) is 0 Å². The molecule has 0 saturated carbocycles. The molecular weight excluding hydrogens is 354 g/mol. The standard InChI is InChI=1S/C12H15BrF2N2O2S/c1-7-6-17(3-2-11(7)16)20(18,19)12-9(13)4-8(14)5-10(12)15/h4-5,7,11H,2-3,6,16H2,1H3. The van der Waals surface area contributed by atoms with Gasteiger partial charge in [-0.1, -0.05) is 6.92 Å². The van der Waals surface area contributed by atoms with Crippen LogP contribution in [0, 0.1) is 17.6 Å². The van der Waals surface area contributed by atoms with Crippen molar-refractivity contribution in [2.24, 2.45) is 11.7 Å². The van der Waals surface area contributed by atoms with Crippen molar-refractivity contribution in [3.63, 3.8) is 0 Å². The van der Waals surface area contributed by atoms with Crippen molar-refractivity contribution < 1.29 is 17.2 Å². The van der Waals surface area contributed by atoms with Crippen LogP contribution in [0.15, 0.2) is 21.5 Å². The second-order valence-corrected chi connectivity index (χ2v) is 7.72. The summed E-state index contributed by atoms with van der Waals surface area (Å²) in [5.74, 6) is -1.94. The molecule has 1 fully saturated rings. The van der Waals surface area contributed by atoms with Gasteiger partial charge in [-0.15, -0.1) is 0 Å². The molecule has 0 bridgehead atoms. The summed E-state index contributed by atoms with van der Waals surface area (Å²) in [6.45, 7) is 2.31. The van der Waals surface area contributed by atoms with Gasteiger partial charge in [0.1, 0.15) is 16.5 Å². The predicted octanol–water partition coefficient (Wildman–Crippen LogP) is 2.09. The SMILES string of the molecule is CC1CN(S(=O)(=O)c2c(F)cc(F)cc2Br)CCC1N. The molecule has 20 heavy (non-hydrogen) atoms. The molecule has 2 atom stereocenters. The molecular formula is C12H15BrF2N2O2S. The number of halogens is 3. The minimum absolute atomic E-state index is 0.0131. The second kappa shape index (κ2) is 5.67. The van der Waals surface area contributed by atoms with Crippen LogP contribution in [0.4, 0.5) is 8.78 Å². The van der Waals surface area contributed by atoms with Gasteiger partial charge in [0.15, 0.2) is 0 Å². The fourth-order valence-corrected chi connectivity index (χ4v) is 4.92. The number of nitrogens with zero attached hydrogens (tertiary/aromatic N) is 1. The van der Waals surface area contributed by atoms with Crippen LogP contribution in [-0.2, 0) is 10.0 Å². The molecule has 112 valence electrons. The number of hydrogen-bond acceptors (Lipinski definition) is 3. The summed E-state index contributed by atoms with van der Waals surface area (Å²) in [6, 6.07) is 1.44. The predicted molar refractivity (Wildman–Crippen MR) is 74.6 cm³/mol. The fraction of sp³-hybridized carbons (Fsp3) is 0.500. The minimum Gasteiger partial charge on any atom is -0.327 e. The van der Waals surface area contributed by atoms with Gasteiger partial charge in [0.25, 0.3) is 0 Å². The van der Waals surface area contributed by atoms with Crippen molar-refractivity contribution >= 4 is 26.0 Å². The molecule has 4 nitrogen and oxygen atoms in total. The van der Waals surface area contributed by atoms with E-state index >= 15 is 0 Å². The normalized spacial score (nSPS) is 24.9. The first kappa shape index (κ1) is 15.8. The Labute approximate surface area is 125 Å². The lowest BCUT2D eigenvalue weighted by atomic mass is 9.96. The topological polar surface area (TPSA) is 63.4 Å². The number of piperidine rings is 1. The first-order chi connectivity index (χ1) is 9.23. The Bertz CT molecular complexity index is 601. The zero-order valence-electron chi connectivity index (χ0n) is 10.8. The Morgan fingerprint density at radius 2 is 2.05 bits per heavy atom. The van der Waals surface area contributed by atoms with Crippen LogP contribution < -0.4 is 5.73 Å². The maximum atomic E-state index is 13.8. The molecule has 0 radical (unpaired) electrons. The zero-order valence-corrected chi connectivity index (χ0v) is 13.2. The summed E-state index contributed by atoms with van der Waals surface area (Å²) < 4.78 is 52.9. The summed E-state index contributed by atoms with van der Waals surface area (Å²) in [4.78, 5) is -0.526. The van der Waals surface area contributed by atoms with Crippen molar-refractivity contribution in [2.45, 2.75) is 24.3 Å². The second-order valence-electron chi connectivity index (χ2n) is 4.99. The van der Waals surface area contributed by atoms with Gasteiger partial charge >= 0.3 is 0 Å². The van der Waals surface area contributed by atoms with Crippen LogP contribution in [0.3, 0.4) is 0 Å². The van der Waals surface area contributed by atoms with E-state index in [1.807, 2.05) is 6.92 Å². The van der Waals surface area contributed by atoms with Crippen LogP contribution in [0.5, 0.6) is 0 Å². The van der Waals surface area contributed by atoms with Crippen LogP contribution in [-0.4, -0.2) is 31.9 Å². The lowest BCUT2D eigenvalue weighted by molar-refractivity contribution is 0.249. The minimum atomic E-state index is -4.01. The van der Waals surface area contributed by atoms with E-state index in [0.717, 1.165) is 6.07 Å². The monoisotopic (exact) mass is 368 g/mol. The third-order valence-electron chi connectivity index (χ3n) is 3.50. The van der Waals surface area contributed by atoms with Gasteiger partial charge in [-0.05, 0) is 34.3 Å². The Hall–Kier alpha value is -0.570. The third-order valence-corrected chi connectivity index (χ3v) is 6.33. The Morgan fingerprint density at radius 3 is 2.60 bits per heavy atom. The van der Waals surface area contributed by atoms with Crippen molar-refractivity contribution in [2.75, 3.05) is 13.1 Å². The number of rotatable bonds is 2. The molecule has 0 spiro atoms. The molecule has 2 N–H and O–H groups in total. The number of benzene rings is 1. The van der Waals surface area contributed by atoms with E-state index in [-0.39, 0.29) is 29.5 Å². The van der Waals surface area contributed by atoms with Crippen molar-refractivity contribution in [1.29, 1.82) is 0 Å². The maximum Gasteiger partial charge on any atom is 0.247 e. The van der Waals surface area contributed by atoms with E-state index in [1.54, 1.807) is 0 Å². The molecule has 8 heteroatoms. The highest BCUT2D eigenvalue weighted by molar-refractivity contribution is 9.10. The number of sulfonamides is 1. The Kier molecular flexibility index (Phi) is 4.48. The van der Waals surface area contributed by atoms with E-state index < -0.39 is 26.6 Å². The number of nitrogens with two attached hydrogens (primary N) is 1. The van der Waals surface area contributed by atoms with E-state index in [0.29, 0.717) is 12.5 Å². The van der Waals surface area contributed by atoms with Crippen LogP contribution >= 0.6 is 15.9 Å². The maximum absolute atomic E-state index is 13.8. The van der Waals surface area contributed by atoms with Crippen molar-refractivity contribution in [1.82, 2.24) is 4.31 Å². The van der Waals surface area contributed by atoms with Gasteiger partial charge in [0, 0.05) is 29.7 Å². The molecule has 0 amide bonds. The first-order valence-electron chi connectivity index (χ1n) is 6.13. The molecule has 1 aromatic carbocycles. The summed E-state index contributed by atoms with van der Waals surface area (Å²) in [6.07, 6.45) is 0.515. The quantitative estimate of drug-likeness (QED) is 0.868. The molecule has 1 heterocycles. The first-order valence-corrected chi connectivity index (χ1v) is 8.37. The van der Waals surface area contributed by atoms with Gasteiger partial charge in [0.05, 0.1) is 0 Å². The summed E-state index contributed by atoms with van der Waals surface area (Å²) in [5, 5.41) is 0. The lowest BCUT2D eigenvalue weighted by Crippen LogP contribution is -2.48. The zero-order chi connectivity index (χ0) is 15.1. The molecule has 1 aliphatic heterocycles. The van der Waals surface area contributed by atoms with E-state index in [9.17, 15) is 17.2 Å².